The highest BCUT2D eigenvalue weighted by molar-refractivity contribution is 7.18. The Balaban J connectivity index is 1.40. The topological polar surface area (TPSA) is 101 Å². The van der Waals surface area contributed by atoms with Crippen molar-refractivity contribution < 1.29 is 19.1 Å². The van der Waals surface area contributed by atoms with Gasteiger partial charge in [-0.1, -0.05) is 0 Å². The number of rotatable bonds is 6. The number of esters is 1. The molecule has 1 aromatic carbocycles. The van der Waals surface area contributed by atoms with E-state index in [4.69, 9.17) is 4.74 Å². The molecule has 0 spiro atoms. The molecule has 1 aliphatic rings. The summed E-state index contributed by atoms with van der Waals surface area (Å²) in [4.78, 5) is 47.1. The molecule has 8 nitrogen and oxygen atoms in total. The summed E-state index contributed by atoms with van der Waals surface area (Å²) in [6.45, 7) is 4.31. The molecule has 1 N–H and O–H groups in total. The first kappa shape index (κ1) is 20.4. The van der Waals surface area contributed by atoms with Crippen molar-refractivity contribution in [3.63, 3.8) is 0 Å². The Morgan fingerprint density at radius 3 is 2.97 bits per heavy atom. The first-order valence-electron chi connectivity index (χ1n) is 9.51. The van der Waals surface area contributed by atoms with Crippen LogP contribution in [0, 0.1) is 12.8 Å². The maximum atomic E-state index is 12.7. The van der Waals surface area contributed by atoms with E-state index in [-0.39, 0.29) is 30.6 Å². The van der Waals surface area contributed by atoms with Crippen LogP contribution < -0.4 is 10.2 Å². The number of nitrogens with one attached hydrogen (secondary N) is 1. The standard InChI is InChI=1S/C20H20N4O4S2/c1-3-28-18(26)7-13-10-29-20(22-13)23-19(27)12-6-17(25)24(9-12)14-4-5-16-15(8-14)21-11(2)30-16/h4-5,8,10,12H,3,6-7,9H2,1-2H3,(H,22,23,27). The Morgan fingerprint density at radius 2 is 2.17 bits per heavy atom. The third-order valence-corrected chi connectivity index (χ3v) is 6.46. The number of amides is 2. The van der Waals surface area contributed by atoms with Gasteiger partial charge in [0, 0.05) is 24.0 Å². The van der Waals surface area contributed by atoms with E-state index >= 15 is 0 Å². The summed E-state index contributed by atoms with van der Waals surface area (Å²) in [5.41, 5.74) is 2.15. The van der Waals surface area contributed by atoms with Gasteiger partial charge in [0.2, 0.25) is 11.8 Å². The molecular weight excluding hydrogens is 424 g/mol. The molecule has 4 rings (SSSR count). The molecule has 30 heavy (non-hydrogen) atoms. The van der Waals surface area contributed by atoms with Crippen LogP contribution in [0.3, 0.4) is 0 Å². The monoisotopic (exact) mass is 444 g/mol. The number of hydrogen-bond acceptors (Lipinski definition) is 8. The van der Waals surface area contributed by atoms with Crippen LogP contribution in [0.5, 0.6) is 0 Å². The second kappa shape index (κ2) is 8.49. The minimum absolute atomic E-state index is 0.0640. The number of aryl methyl sites for hydroxylation is 1. The van der Waals surface area contributed by atoms with Gasteiger partial charge in [0.25, 0.3) is 0 Å². The summed E-state index contributed by atoms with van der Waals surface area (Å²) in [5.74, 6) is -1.18. The Bertz CT molecular complexity index is 1120. The SMILES string of the molecule is CCOC(=O)Cc1csc(NC(=O)C2CC(=O)N(c3ccc4sc(C)nc4c3)C2)n1. The zero-order valence-electron chi connectivity index (χ0n) is 16.5. The number of fused-ring (bicyclic) bond motifs is 1. The predicted molar refractivity (Wildman–Crippen MR) is 116 cm³/mol. The van der Waals surface area contributed by atoms with Gasteiger partial charge < -0.3 is 15.0 Å². The third-order valence-electron chi connectivity index (χ3n) is 4.70. The summed E-state index contributed by atoms with van der Waals surface area (Å²) in [5, 5.41) is 5.85. The average Bonchev–Trinajstić information content (AvgIpc) is 3.39. The Hall–Kier alpha value is -2.85. The zero-order valence-corrected chi connectivity index (χ0v) is 18.1. The van der Waals surface area contributed by atoms with Crippen LogP contribution in [-0.4, -0.2) is 40.9 Å². The normalized spacial score (nSPS) is 16.3. The lowest BCUT2D eigenvalue weighted by Crippen LogP contribution is -2.28. The molecule has 10 heteroatoms. The summed E-state index contributed by atoms with van der Waals surface area (Å²) >= 11 is 2.85. The number of ether oxygens (including phenoxy) is 1. The molecule has 1 fully saturated rings. The highest BCUT2D eigenvalue weighted by atomic mass is 32.1. The van der Waals surface area contributed by atoms with Crippen LogP contribution in [0.1, 0.15) is 24.0 Å². The van der Waals surface area contributed by atoms with Crippen LogP contribution in [0.4, 0.5) is 10.8 Å². The number of nitrogens with zero attached hydrogens (tertiary/aromatic N) is 3. The molecule has 3 aromatic rings. The van der Waals surface area contributed by atoms with Crippen molar-refractivity contribution in [3.05, 3.63) is 34.3 Å². The van der Waals surface area contributed by atoms with Crippen LogP contribution in [0.15, 0.2) is 23.6 Å². The van der Waals surface area contributed by atoms with Crippen molar-refractivity contribution in [2.75, 3.05) is 23.4 Å². The number of hydrogen-bond donors (Lipinski definition) is 1. The molecule has 0 saturated carbocycles. The first-order chi connectivity index (χ1) is 14.4. The van der Waals surface area contributed by atoms with Gasteiger partial charge in [-0.2, -0.15) is 0 Å². The van der Waals surface area contributed by atoms with Crippen molar-refractivity contribution >= 4 is 61.5 Å². The number of aromatic nitrogens is 2. The molecule has 0 aliphatic carbocycles. The molecule has 156 valence electrons. The van der Waals surface area contributed by atoms with Gasteiger partial charge in [-0.25, -0.2) is 9.97 Å². The fraction of sp³-hybridized carbons (Fsp3) is 0.350. The number of carbonyl (C=O) groups excluding carboxylic acids is 3. The lowest BCUT2D eigenvalue weighted by atomic mass is 10.1. The Morgan fingerprint density at radius 1 is 1.33 bits per heavy atom. The Kier molecular flexibility index (Phi) is 5.78. The Labute approximate surface area is 180 Å². The van der Waals surface area contributed by atoms with Gasteiger partial charge >= 0.3 is 5.97 Å². The largest absolute Gasteiger partial charge is 0.466 e. The van der Waals surface area contributed by atoms with E-state index in [1.807, 2.05) is 25.1 Å². The van der Waals surface area contributed by atoms with Crippen LogP contribution in [-0.2, 0) is 25.5 Å². The maximum absolute atomic E-state index is 12.7. The number of carbonyl (C=O) groups is 3. The maximum Gasteiger partial charge on any atom is 0.311 e. The third kappa shape index (κ3) is 4.34. The summed E-state index contributed by atoms with van der Waals surface area (Å²) in [7, 11) is 0. The minimum Gasteiger partial charge on any atom is -0.466 e. The molecule has 1 aliphatic heterocycles. The van der Waals surface area contributed by atoms with E-state index in [9.17, 15) is 14.4 Å². The molecule has 1 unspecified atom stereocenters. The van der Waals surface area contributed by atoms with Crippen LogP contribution in [0.25, 0.3) is 10.2 Å². The van der Waals surface area contributed by atoms with E-state index in [2.05, 4.69) is 15.3 Å². The second-order valence-electron chi connectivity index (χ2n) is 6.91. The molecule has 1 saturated heterocycles. The number of thiazole rings is 2. The fourth-order valence-electron chi connectivity index (χ4n) is 3.34. The van der Waals surface area contributed by atoms with Gasteiger partial charge in [0.1, 0.15) is 0 Å². The van der Waals surface area contributed by atoms with Crippen molar-refractivity contribution in [1.82, 2.24) is 9.97 Å². The van der Waals surface area contributed by atoms with Gasteiger partial charge in [0.05, 0.1) is 39.9 Å². The highest BCUT2D eigenvalue weighted by Gasteiger charge is 2.35. The first-order valence-corrected chi connectivity index (χ1v) is 11.2. The van der Waals surface area contributed by atoms with E-state index in [0.29, 0.717) is 24.0 Å². The molecule has 2 aromatic heterocycles. The molecular formula is C20H20N4O4S2. The van der Waals surface area contributed by atoms with E-state index < -0.39 is 5.92 Å². The number of anilines is 2. The smallest absolute Gasteiger partial charge is 0.311 e. The van der Waals surface area contributed by atoms with Gasteiger partial charge in [-0.15, -0.1) is 22.7 Å². The van der Waals surface area contributed by atoms with Gasteiger partial charge in [0.15, 0.2) is 5.13 Å². The molecule has 0 bridgehead atoms. The van der Waals surface area contributed by atoms with Crippen LogP contribution >= 0.6 is 22.7 Å². The summed E-state index contributed by atoms with van der Waals surface area (Å²) in [6.07, 6.45) is 0.204. The summed E-state index contributed by atoms with van der Waals surface area (Å²) < 4.78 is 5.97. The van der Waals surface area contributed by atoms with Gasteiger partial charge in [-0.3, -0.25) is 14.4 Å². The molecule has 2 amide bonds. The van der Waals surface area contributed by atoms with Crippen molar-refractivity contribution in [3.8, 4) is 0 Å². The fourth-order valence-corrected chi connectivity index (χ4v) is 4.87. The van der Waals surface area contributed by atoms with Crippen molar-refractivity contribution in [1.29, 1.82) is 0 Å². The van der Waals surface area contributed by atoms with E-state index in [1.54, 1.807) is 28.5 Å². The molecule has 1 atom stereocenters. The van der Waals surface area contributed by atoms with Crippen molar-refractivity contribution in [2.45, 2.75) is 26.7 Å². The summed E-state index contributed by atoms with van der Waals surface area (Å²) in [6, 6.07) is 5.73. The van der Waals surface area contributed by atoms with Crippen molar-refractivity contribution in [2.24, 2.45) is 5.92 Å². The predicted octanol–water partition coefficient (Wildman–Crippen LogP) is 3.16. The van der Waals surface area contributed by atoms with Gasteiger partial charge in [-0.05, 0) is 32.0 Å². The molecule has 3 heterocycles. The van der Waals surface area contributed by atoms with E-state index in [1.165, 1.54) is 11.3 Å². The minimum atomic E-state index is -0.470. The lowest BCUT2D eigenvalue weighted by molar-refractivity contribution is -0.142. The number of benzene rings is 1. The van der Waals surface area contributed by atoms with E-state index in [0.717, 1.165) is 20.9 Å². The lowest BCUT2D eigenvalue weighted by Gasteiger charge is -2.16. The average molecular weight is 445 g/mol. The highest BCUT2D eigenvalue weighted by Crippen LogP contribution is 2.30. The quantitative estimate of drug-likeness (QED) is 0.586. The second-order valence-corrected chi connectivity index (χ2v) is 9.00. The molecule has 0 radical (unpaired) electrons. The zero-order chi connectivity index (χ0) is 21.3. The van der Waals surface area contributed by atoms with Crippen LogP contribution in [0.2, 0.25) is 0 Å².